The third-order valence-corrected chi connectivity index (χ3v) is 8.82. The second-order valence-electron chi connectivity index (χ2n) is 14.0. The number of aliphatic hydroxyl groups excluding tert-OH is 4. The summed E-state index contributed by atoms with van der Waals surface area (Å²) < 4.78 is 0. The van der Waals surface area contributed by atoms with E-state index >= 15 is 0 Å². The smallest absolute Gasteiger partial charge is 0.303 e. The monoisotopic (exact) mass is 737 g/mol. The molecule has 0 amide bonds. The normalized spacial score (nSPS) is 10.6. The van der Waals surface area contributed by atoms with E-state index in [1.54, 1.807) is 0 Å². The molecule has 0 radical (unpaired) electrons. The van der Waals surface area contributed by atoms with Crippen molar-refractivity contribution in [1.82, 2.24) is 0 Å². The first kappa shape index (κ1) is 56.0. The van der Waals surface area contributed by atoms with E-state index in [-0.39, 0.29) is 0 Å². The molecule has 0 aliphatic rings. The van der Waals surface area contributed by atoms with Crippen molar-refractivity contribution in [3.05, 3.63) is 0 Å². The van der Waals surface area contributed by atoms with E-state index in [1.165, 1.54) is 135 Å². The minimum Gasteiger partial charge on any atom is -0.481 e. The van der Waals surface area contributed by atoms with Gasteiger partial charge in [0.25, 0.3) is 0 Å². The minimum absolute atomic E-state index is 0.343. The van der Waals surface area contributed by atoms with Crippen LogP contribution in [0.3, 0.4) is 0 Å². The Morgan fingerprint density at radius 1 is 0.314 bits per heavy atom. The molecule has 0 aromatic rings. The maximum absolute atomic E-state index is 10.2. The Bertz CT molecular complexity index is 604. The van der Waals surface area contributed by atoms with Gasteiger partial charge in [0.15, 0.2) is 0 Å². The first-order chi connectivity index (χ1) is 24.6. The number of aliphatic carboxylic acids is 3. The summed E-state index contributed by atoms with van der Waals surface area (Å²) in [5, 5.41) is 59.2. The highest BCUT2D eigenvalue weighted by Crippen LogP contribution is 2.13. The van der Waals surface area contributed by atoms with Gasteiger partial charge in [0.1, 0.15) is 0 Å². The van der Waals surface area contributed by atoms with Crippen molar-refractivity contribution in [2.24, 2.45) is 5.41 Å². The predicted molar refractivity (Wildman–Crippen MR) is 209 cm³/mol. The molecule has 0 atom stereocenters. The molecule has 0 saturated heterocycles. The summed E-state index contributed by atoms with van der Waals surface area (Å²) in [5.41, 5.74) is -1.11. The Hall–Kier alpha value is -1.75. The highest BCUT2D eigenvalue weighted by atomic mass is 16.4. The highest BCUT2D eigenvalue weighted by molar-refractivity contribution is 5.67. The zero-order valence-electron chi connectivity index (χ0n) is 33.4. The molecule has 0 aromatic carbocycles. The van der Waals surface area contributed by atoms with Gasteiger partial charge in [-0.3, -0.25) is 14.4 Å². The van der Waals surface area contributed by atoms with Crippen LogP contribution in [0.15, 0.2) is 0 Å². The first-order valence-corrected chi connectivity index (χ1v) is 20.6. The van der Waals surface area contributed by atoms with Crippen LogP contribution in [0.4, 0.5) is 0 Å². The molecule has 51 heavy (non-hydrogen) atoms. The van der Waals surface area contributed by atoms with Crippen molar-refractivity contribution >= 4 is 17.9 Å². The van der Waals surface area contributed by atoms with E-state index in [2.05, 4.69) is 20.8 Å². The summed E-state index contributed by atoms with van der Waals surface area (Å²) >= 11 is 0. The molecule has 0 aromatic heterocycles. The van der Waals surface area contributed by atoms with Gasteiger partial charge >= 0.3 is 17.9 Å². The number of carboxylic acid groups (broad SMARTS) is 3. The number of carbonyl (C=O) groups is 3. The maximum Gasteiger partial charge on any atom is 0.303 e. The number of hydrogen-bond donors (Lipinski definition) is 7. The number of rotatable bonds is 34. The fourth-order valence-electron chi connectivity index (χ4n) is 5.06. The molecule has 10 nitrogen and oxygen atoms in total. The summed E-state index contributed by atoms with van der Waals surface area (Å²) in [5.74, 6) is -1.98. The van der Waals surface area contributed by atoms with Crippen molar-refractivity contribution in [3.8, 4) is 0 Å². The lowest BCUT2D eigenvalue weighted by Crippen LogP contribution is -2.37. The van der Waals surface area contributed by atoms with E-state index in [4.69, 9.17) is 35.7 Å². The Labute approximate surface area is 312 Å². The average Bonchev–Trinajstić information content (AvgIpc) is 3.11. The van der Waals surface area contributed by atoms with E-state index in [9.17, 15) is 14.4 Å². The van der Waals surface area contributed by atoms with Crippen LogP contribution in [0.5, 0.6) is 0 Å². The first-order valence-electron chi connectivity index (χ1n) is 20.6. The van der Waals surface area contributed by atoms with E-state index in [1.807, 2.05) is 0 Å². The molecule has 10 heteroatoms. The number of unbranched alkanes of at least 4 members (excludes halogenated alkanes) is 24. The molecule has 7 N–H and O–H groups in total. The van der Waals surface area contributed by atoms with E-state index in [0.717, 1.165) is 38.5 Å². The lowest BCUT2D eigenvalue weighted by Gasteiger charge is -2.23. The van der Waals surface area contributed by atoms with Gasteiger partial charge in [-0.15, -0.1) is 0 Å². The third kappa shape index (κ3) is 55.2. The van der Waals surface area contributed by atoms with Crippen LogP contribution in [-0.4, -0.2) is 80.1 Å². The fourth-order valence-corrected chi connectivity index (χ4v) is 5.06. The molecule has 0 heterocycles. The molecule has 308 valence electrons. The molecule has 0 saturated carbocycles. The number of aliphatic hydroxyl groups is 4. The predicted octanol–water partition coefficient (Wildman–Crippen LogP) is 9.92. The van der Waals surface area contributed by atoms with Gasteiger partial charge in [-0.2, -0.15) is 0 Å². The van der Waals surface area contributed by atoms with Crippen molar-refractivity contribution in [1.29, 1.82) is 0 Å². The van der Waals surface area contributed by atoms with E-state index in [0.29, 0.717) is 19.3 Å². The Balaban J connectivity index is -0.000000292. The topological polar surface area (TPSA) is 193 Å². The van der Waals surface area contributed by atoms with Crippen molar-refractivity contribution in [2.75, 3.05) is 26.4 Å². The maximum atomic E-state index is 10.2. The number of carboxylic acids is 3. The Kier molecular flexibility index (Phi) is 53.0. The van der Waals surface area contributed by atoms with Crippen molar-refractivity contribution < 1.29 is 50.1 Å². The average molecular weight is 737 g/mol. The molecule has 0 fully saturated rings. The molecule has 0 unspecified atom stereocenters. The van der Waals surface area contributed by atoms with Gasteiger partial charge in [0.2, 0.25) is 0 Å². The van der Waals surface area contributed by atoms with Gasteiger partial charge in [-0.1, -0.05) is 175 Å². The standard InChI is InChI=1S/3C12H24O2.C5H12O4/c3*1-2-3-4-5-6-7-8-9-10-11-12(13)14;6-1-5(2-7,3-8)4-9/h3*2-11H2,1H3,(H,13,14);6-9H,1-4H2. The summed E-state index contributed by atoms with van der Waals surface area (Å²) in [6.07, 6.45) is 34.4. The van der Waals surface area contributed by atoms with Crippen LogP contribution in [0, 0.1) is 5.41 Å². The van der Waals surface area contributed by atoms with Crippen molar-refractivity contribution in [2.45, 2.75) is 213 Å². The second-order valence-corrected chi connectivity index (χ2v) is 14.0. The molecule has 0 aliphatic carbocycles. The Morgan fingerprint density at radius 2 is 0.471 bits per heavy atom. The lowest BCUT2D eigenvalue weighted by molar-refractivity contribution is -0.138. The van der Waals surface area contributed by atoms with Crippen LogP contribution in [0.25, 0.3) is 0 Å². The van der Waals surface area contributed by atoms with Crippen LogP contribution < -0.4 is 0 Å². The molecular formula is C41H84O10. The van der Waals surface area contributed by atoms with Gasteiger partial charge in [0.05, 0.1) is 31.8 Å². The summed E-state index contributed by atoms with van der Waals surface area (Å²) in [7, 11) is 0. The third-order valence-electron chi connectivity index (χ3n) is 8.82. The molecule has 0 bridgehead atoms. The molecular weight excluding hydrogens is 652 g/mol. The molecule has 0 aliphatic heterocycles. The quantitative estimate of drug-likeness (QED) is 0.0313. The van der Waals surface area contributed by atoms with Gasteiger partial charge in [-0.25, -0.2) is 0 Å². The van der Waals surface area contributed by atoms with Crippen molar-refractivity contribution in [3.63, 3.8) is 0 Å². The molecule has 0 spiro atoms. The Morgan fingerprint density at radius 3 is 0.588 bits per heavy atom. The summed E-state index contributed by atoms with van der Waals surface area (Å²) in [6, 6.07) is 0. The van der Waals surface area contributed by atoms with Crippen LogP contribution in [-0.2, 0) is 14.4 Å². The van der Waals surface area contributed by atoms with Crippen LogP contribution in [0.2, 0.25) is 0 Å². The van der Waals surface area contributed by atoms with Crippen LogP contribution >= 0.6 is 0 Å². The zero-order valence-corrected chi connectivity index (χ0v) is 33.4. The fraction of sp³-hybridized carbons (Fsp3) is 0.927. The van der Waals surface area contributed by atoms with Gasteiger partial charge in [0, 0.05) is 19.3 Å². The summed E-state index contributed by atoms with van der Waals surface area (Å²) in [4.78, 5) is 30.6. The number of hydrogen-bond acceptors (Lipinski definition) is 7. The van der Waals surface area contributed by atoms with E-state index < -0.39 is 49.8 Å². The summed E-state index contributed by atoms with van der Waals surface area (Å²) in [6.45, 7) is 5.06. The molecule has 0 rings (SSSR count). The lowest BCUT2D eigenvalue weighted by atomic mass is 9.93. The van der Waals surface area contributed by atoms with Crippen LogP contribution in [0.1, 0.15) is 213 Å². The SMILES string of the molecule is CCCCCCCCCCCC(=O)O.CCCCCCCCCCCC(=O)O.CCCCCCCCCCCC(=O)O.OCC(CO)(CO)CO. The highest BCUT2D eigenvalue weighted by Gasteiger charge is 2.26. The van der Waals surface area contributed by atoms with Gasteiger partial charge in [-0.05, 0) is 19.3 Å². The van der Waals surface area contributed by atoms with Gasteiger partial charge < -0.3 is 35.7 Å². The second kappa shape index (κ2) is 48.2. The zero-order chi connectivity index (χ0) is 39.3. The largest absolute Gasteiger partial charge is 0.481 e. The minimum atomic E-state index is -1.11.